The third kappa shape index (κ3) is 6.73. The van der Waals surface area contributed by atoms with E-state index in [0.717, 1.165) is 18.4 Å². The van der Waals surface area contributed by atoms with Crippen LogP contribution in [0.4, 0.5) is 5.69 Å². The Morgan fingerprint density at radius 1 is 1.14 bits per heavy atom. The molecule has 0 radical (unpaired) electrons. The molecule has 0 bridgehead atoms. The molecule has 2 aromatic rings. The Kier molecular flexibility index (Phi) is 7.16. The summed E-state index contributed by atoms with van der Waals surface area (Å²) >= 11 is 6.18. The molecule has 6 nitrogen and oxygen atoms in total. The van der Waals surface area contributed by atoms with Gasteiger partial charge in [0.25, 0.3) is 5.91 Å². The van der Waals surface area contributed by atoms with Gasteiger partial charge in [-0.2, -0.15) is 0 Å². The summed E-state index contributed by atoms with van der Waals surface area (Å²) in [5.41, 5.74) is 2.05. The SMILES string of the molecule is NS(=O)(=O)Cc1cccc(NC(=O)COc2ccc(Cl)cc2C2CCCCC2)c1. The number of nitrogens with two attached hydrogens (primary N) is 1. The van der Waals surface area contributed by atoms with Crippen LogP contribution in [0.25, 0.3) is 0 Å². The predicted octanol–water partition coefficient (Wildman–Crippen LogP) is 4.19. The van der Waals surface area contributed by atoms with E-state index in [4.69, 9.17) is 21.5 Å². The number of carbonyl (C=O) groups excluding carboxylic acids is 1. The van der Waals surface area contributed by atoms with Crippen molar-refractivity contribution < 1.29 is 17.9 Å². The fraction of sp³-hybridized carbons (Fsp3) is 0.381. The third-order valence-electron chi connectivity index (χ3n) is 4.95. The molecule has 0 aliphatic heterocycles. The number of primary sulfonamides is 1. The first-order chi connectivity index (χ1) is 13.8. The maximum absolute atomic E-state index is 12.3. The van der Waals surface area contributed by atoms with Gasteiger partial charge in [0.2, 0.25) is 10.0 Å². The summed E-state index contributed by atoms with van der Waals surface area (Å²) in [6.07, 6.45) is 5.82. The fourth-order valence-electron chi connectivity index (χ4n) is 3.69. The summed E-state index contributed by atoms with van der Waals surface area (Å²) in [7, 11) is -3.64. The first-order valence-corrected chi connectivity index (χ1v) is 11.7. The number of anilines is 1. The number of nitrogens with one attached hydrogen (secondary N) is 1. The number of hydrogen-bond donors (Lipinski definition) is 2. The molecule has 0 heterocycles. The molecule has 8 heteroatoms. The zero-order valence-corrected chi connectivity index (χ0v) is 17.6. The Hall–Kier alpha value is -2.09. The molecule has 0 aromatic heterocycles. The van der Waals surface area contributed by atoms with Crippen molar-refractivity contribution in [2.24, 2.45) is 5.14 Å². The molecule has 1 aliphatic rings. The lowest BCUT2D eigenvalue weighted by molar-refractivity contribution is -0.118. The second-order valence-electron chi connectivity index (χ2n) is 7.36. The van der Waals surface area contributed by atoms with Crippen molar-refractivity contribution in [3.63, 3.8) is 0 Å². The van der Waals surface area contributed by atoms with Crippen LogP contribution in [0.15, 0.2) is 42.5 Å². The highest BCUT2D eigenvalue weighted by atomic mass is 35.5. The molecule has 0 spiro atoms. The molecule has 0 saturated heterocycles. The maximum Gasteiger partial charge on any atom is 0.262 e. The van der Waals surface area contributed by atoms with E-state index in [2.05, 4.69) is 5.32 Å². The largest absolute Gasteiger partial charge is 0.483 e. The molecule has 29 heavy (non-hydrogen) atoms. The first-order valence-electron chi connectivity index (χ1n) is 9.62. The lowest BCUT2D eigenvalue weighted by atomic mass is 9.84. The van der Waals surface area contributed by atoms with Crippen molar-refractivity contribution in [1.29, 1.82) is 0 Å². The van der Waals surface area contributed by atoms with Gasteiger partial charge >= 0.3 is 0 Å². The van der Waals surface area contributed by atoms with Crippen LogP contribution in [0.3, 0.4) is 0 Å². The van der Waals surface area contributed by atoms with Crippen molar-refractivity contribution in [3.8, 4) is 5.75 Å². The molecule has 3 rings (SSSR count). The second-order valence-corrected chi connectivity index (χ2v) is 9.41. The summed E-state index contributed by atoms with van der Waals surface area (Å²) in [6.45, 7) is -0.152. The monoisotopic (exact) mass is 436 g/mol. The highest BCUT2D eigenvalue weighted by Gasteiger charge is 2.20. The van der Waals surface area contributed by atoms with Gasteiger partial charge in [0.15, 0.2) is 6.61 Å². The average molecular weight is 437 g/mol. The van der Waals surface area contributed by atoms with E-state index in [0.29, 0.717) is 27.9 Å². The Morgan fingerprint density at radius 3 is 2.62 bits per heavy atom. The lowest BCUT2D eigenvalue weighted by Crippen LogP contribution is -2.21. The van der Waals surface area contributed by atoms with Crippen LogP contribution in [0.1, 0.15) is 49.1 Å². The first kappa shape index (κ1) is 21.6. The van der Waals surface area contributed by atoms with E-state index in [1.165, 1.54) is 19.3 Å². The lowest BCUT2D eigenvalue weighted by Gasteiger charge is -2.24. The summed E-state index contributed by atoms with van der Waals surface area (Å²) in [5.74, 6) is 0.458. The van der Waals surface area contributed by atoms with Gasteiger partial charge in [-0.15, -0.1) is 0 Å². The number of sulfonamides is 1. The van der Waals surface area contributed by atoms with Gasteiger partial charge < -0.3 is 10.1 Å². The van der Waals surface area contributed by atoms with Crippen molar-refractivity contribution in [2.45, 2.75) is 43.8 Å². The zero-order chi connectivity index (χ0) is 20.9. The standard InChI is InChI=1S/C21H25ClN2O4S/c22-17-9-10-20(19(12-17)16-6-2-1-3-7-16)28-13-21(25)24-18-8-4-5-15(11-18)14-29(23,26)27/h4-5,8-12,16H,1-3,6-7,13-14H2,(H,24,25)(H2,23,26,27). The van der Waals surface area contributed by atoms with Gasteiger partial charge in [0, 0.05) is 10.7 Å². The number of carbonyl (C=O) groups is 1. The maximum atomic E-state index is 12.3. The Bertz CT molecular complexity index is 972. The van der Waals surface area contributed by atoms with E-state index in [-0.39, 0.29) is 18.3 Å². The van der Waals surface area contributed by atoms with Crippen LogP contribution in [-0.2, 0) is 20.6 Å². The minimum atomic E-state index is -3.64. The molecule has 3 N–H and O–H groups in total. The Balaban J connectivity index is 1.63. The molecule has 156 valence electrons. The van der Waals surface area contributed by atoms with Crippen molar-refractivity contribution in [2.75, 3.05) is 11.9 Å². The normalized spacial score (nSPS) is 15.1. The topological polar surface area (TPSA) is 98.5 Å². The molecule has 1 amide bonds. The van der Waals surface area contributed by atoms with Gasteiger partial charge in [-0.05, 0) is 60.2 Å². The fourth-order valence-corrected chi connectivity index (χ4v) is 4.52. The van der Waals surface area contributed by atoms with Crippen LogP contribution in [0, 0.1) is 0 Å². The van der Waals surface area contributed by atoms with E-state index in [1.807, 2.05) is 12.1 Å². The molecule has 1 saturated carbocycles. The summed E-state index contributed by atoms with van der Waals surface area (Å²) < 4.78 is 28.3. The van der Waals surface area contributed by atoms with E-state index in [9.17, 15) is 13.2 Å². The Morgan fingerprint density at radius 2 is 1.90 bits per heavy atom. The van der Waals surface area contributed by atoms with Crippen LogP contribution < -0.4 is 15.2 Å². The van der Waals surface area contributed by atoms with Gasteiger partial charge in [-0.1, -0.05) is 43.0 Å². The van der Waals surface area contributed by atoms with Crippen LogP contribution >= 0.6 is 11.6 Å². The molecule has 0 unspecified atom stereocenters. The predicted molar refractivity (Wildman–Crippen MR) is 115 cm³/mol. The van der Waals surface area contributed by atoms with Gasteiger partial charge in [-0.3, -0.25) is 4.79 Å². The van der Waals surface area contributed by atoms with E-state index < -0.39 is 10.0 Å². The van der Waals surface area contributed by atoms with Crippen molar-refractivity contribution in [1.82, 2.24) is 0 Å². The molecular weight excluding hydrogens is 412 g/mol. The smallest absolute Gasteiger partial charge is 0.262 e. The number of hydrogen-bond acceptors (Lipinski definition) is 4. The summed E-state index contributed by atoms with van der Waals surface area (Å²) in [5, 5.41) is 8.46. The Labute approximate surface area is 176 Å². The highest BCUT2D eigenvalue weighted by Crippen LogP contribution is 2.38. The highest BCUT2D eigenvalue weighted by molar-refractivity contribution is 7.88. The number of rotatable bonds is 7. The van der Waals surface area contributed by atoms with Crippen molar-refractivity contribution in [3.05, 3.63) is 58.6 Å². The van der Waals surface area contributed by atoms with E-state index in [1.54, 1.807) is 30.3 Å². The van der Waals surface area contributed by atoms with Crippen LogP contribution in [-0.4, -0.2) is 20.9 Å². The number of benzene rings is 2. The van der Waals surface area contributed by atoms with Gasteiger partial charge in [0.05, 0.1) is 5.75 Å². The molecule has 0 atom stereocenters. The summed E-state index contributed by atoms with van der Waals surface area (Å²) in [6, 6.07) is 12.1. The van der Waals surface area contributed by atoms with Crippen LogP contribution in [0.2, 0.25) is 5.02 Å². The summed E-state index contributed by atoms with van der Waals surface area (Å²) in [4.78, 5) is 12.3. The molecule has 2 aromatic carbocycles. The third-order valence-corrected chi connectivity index (χ3v) is 5.92. The van der Waals surface area contributed by atoms with Crippen LogP contribution in [0.5, 0.6) is 5.75 Å². The van der Waals surface area contributed by atoms with Crippen molar-refractivity contribution >= 4 is 33.2 Å². The molecule has 1 fully saturated rings. The van der Waals surface area contributed by atoms with Gasteiger partial charge in [-0.25, -0.2) is 13.6 Å². The molecular formula is C21H25ClN2O4S. The minimum absolute atomic E-state index is 0.152. The zero-order valence-electron chi connectivity index (χ0n) is 16.1. The number of halogens is 1. The average Bonchev–Trinajstić information content (AvgIpc) is 2.66. The quantitative estimate of drug-likeness (QED) is 0.679. The number of ether oxygens (including phenoxy) is 1. The van der Waals surface area contributed by atoms with E-state index >= 15 is 0 Å². The minimum Gasteiger partial charge on any atom is -0.483 e. The molecule has 1 aliphatic carbocycles. The second kappa shape index (κ2) is 9.61. The van der Waals surface area contributed by atoms with Gasteiger partial charge in [0.1, 0.15) is 5.75 Å². The number of amides is 1.